The number of nitrogens with one attached hydrogen (secondary N) is 1. The summed E-state index contributed by atoms with van der Waals surface area (Å²) >= 11 is 0. The van der Waals surface area contributed by atoms with Gasteiger partial charge in [-0.1, -0.05) is 12.1 Å². The van der Waals surface area contributed by atoms with Gasteiger partial charge in [0.15, 0.2) is 0 Å². The molecule has 1 fully saturated rings. The second-order valence-corrected chi connectivity index (χ2v) is 9.93. The van der Waals surface area contributed by atoms with Crippen molar-refractivity contribution in [3.63, 3.8) is 0 Å². The maximum atomic E-state index is 13.5. The lowest BCUT2D eigenvalue weighted by Gasteiger charge is -2.36. The minimum Gasteiger partial charge on any atom is -0.478 e. The first kappa shape index (κ1) is 26.0. The van der Waals surface area contributed by atoms with E-state index in [-0.39, 0.29) is 23.1 Å². The molecule has 11 nitrogen and oxygen atoms in total. The summed E-state index contributed by atoms with van der Waals surface area (Å²) in [6.07, 6.45) is 5.05. The number of carboxylic acids is 1. The van der Waals surface area contributed by atoms with Crippen LogP contribution in [0.25, 0.3) is 5.65 Å². The first-order valence-corrected chi connectivity index (χ1v) is 12.8. The summed E-state index contributed by atoms with van der Waals surface area (Å²) in [6, 6.07) is 8.36. The summed E-state index contributed by atoms with van der Waals surface area (Å²) in [5, 5.41) is 17.0. The van der Waals surface area contributed by atoms with E-state index in [4.69, 9.17) is 4.98 Å². The number of benzene rings is 1. The van der Waals surface area contributed by atoms with E-state index in [0.717, 1.165) is 11.1 Å². The van der Waals surface area contributed by atoms with Gasteiger partial charge < -0.3 is 20.2 Å². The van der Waals surface area contributed by atoms with Gasteiger partial charge in [0.2, 0.25) is 0 Å². The van der Waals surface area contributed by atoms with E-state index in [9.17, 15) is 19.5 Å². The van der Waals surface area contributed by atoms with Crippen LogP contribution in [0, 0.1) is 13.8 Å². The topological polar surface area (TPSA) is 125 Å². The SMILES string of the molecule is Cc1cc(C(C)Nc2ccccc2C(=O)O)c2nc(N3CCN(C(=O)c4cnn(C)c4)CC3)c(C)c(=O)n2c1. The van der Waals surface area contributed by atoms with Gasteiger partial charge in [-0.25, -0.2) is 9.78 Å². The first-order chi connectivity index (χ1) is 18.6. The number of carbonyl (C=O) groups excluding carboxylic acids is 1. The van der Waals surface area contributed by atoms with Gasteiger partial charge in [0.1, 0.15) is 11.5 Å². The number of carboxylic acid groups (broad SMARTS) is 1. The summed E-state index contributed by atoms with van der Waals surface area (Å²) < 4.78 is 3.17. The van der Waals surface area contributed by atoms with Crippen molar-refractivity contribution in [1.29, 1.82) is 0 Å². The molecule has 0 spiro atoms. The zero-order chi connectivity index (χ0) is 27.8. The molecule has 1 amide bonds. The third-order valence-electron chi connectivity index (χ3n) is 7.10. The molecule has 3 aromatic heterocycles. The molecule has 0 aliphatic carbocycles. The van der Waals surface area contributed by atoms with Crippen LogP contribution in [0.1, 0.15) is 50.4 Å². The highest BCUT2D eigenvalue weighted by Gasteiger charge is 2.26. The summed E-state index contributed by atoms with van der Waals surface area (Å²) in [6.45, 7) is 7.68. The molecular formula is C28H31N7O4. The largest absolute Gasteiger partial charge is 0.478 e. The molecular weight excluding hydrogens is 498 g/mol. The highest BCUT2D eigenvalue weighted by Crippen LogP contribution is 2.27. The molecule has 1 aliphatic heterocycles. The van der Waals surface area contributed by atoms with Gasteiger partial charge in [-0.2, -0.15) is 5.10 Å². The summed E-state index contributed by atoms with van der Waals surface area (Å²) in [5.74, 6) is -0.491. The number of nitrogens with zero attached hydrogens (tertiary/aromatic N) is 6. The number of aryl methyl sites for hydroxylation is 2. The van der Waals surface area contributed by atoms with Crippen molar-refractivity contribution in [2.45, 2.75) is 26.8 Å². The number of fused-ring (bicyclic) bond motifs is 1. The van der Waals surface area contributed by atoms with Crippen LogP contribution in [0.15, 0.2) is 53.7 Å². The second kappa shape index (κ2) is 10.2. The molecule has 5 rings (SSSR count). The fraction of sp³-hybridized carbons (Fsp3) is 0.321. The molecule has 0 radical (unpaired) electrons. The summed E-state index contributed by atoms with van der Waals surface area (Å²) in [7, 11) is 1.78. The molecule has 1 saturated heterocycles. The minimum atomic E-state index is -1.02. The Bertz CT molecular complexity index is 1630. The quantitative estimate of drug-likeness (QED) is 0.391. The van der Waals surface area contributed by atoms with Crippen LogP contribution in [0.4, 0.5) is 11.5 Å². The normalized spacial score (nSPS) is 14.5. The van der Waals surface area contributed by atoms with Gasteiger partial charge in [-0.15, -0.1) is 0 Å². The number of piperazine rings is 1. The number of anilines is 2. The zero-order valence-electron chi connectivity index (χ0n) is 22.4. The van der Waals surface area contributed by atoms with Crippen molar-refractivity contribution in [3.05, 3.63) is 87.1 Å². The average Bonchev–Trinajstić information content (AvgIpc) is 3.36. The Balaban J connectivity index is 1.46. The van der Waals surface area contributed by atoms with Crippen LogP contribution in [-0.2, 0) is 7.05 Å². The highest BCUT2D eigenvalue weighted by molar-refractivity contribution is 5.94. The molecule has 39 heavy (non-hydrogen) atoms. The number of aromatic carboxylic acids is 1. The van der Waals surface area contributed by atoms with Gasteiger partial charge in [0, 0.05) is 56.9 Å². The number of hydrogen-bond donors (Lipinski definition) is 2. The molecule has 1 aromatic carbocycles. The Morgan fingerprint density at radius 1 is 1.08 bits per heavy atom. The fourth-order valence-electron chi connectivity index (χ4n) is 5.05. The maximum Gasteiger partial charge on any atom is 0.337 e. The van der Waals surface area contributed by atoms with Crippen molar-refractivity contribution in [2.24, 2.45) is 7.05 Å². The van der Waals surface area contributed by atoms with Crippen LogP contribution in [-0.4, -0.2) is 67.2 Å². The Hall–Kier alpha value is -4.67. The second-order valence-electron chi connectivity index (χ2n) is 9.93. The summed E-state index contributed by atoms with van der Waals surface area (Å²) in [4.78, 5) is 46.9. The van der Waals surface area contributed by atoms with Gasteiger partial charge in [0.25, 0.3) is 11.5 Å². The first-order valence-electron chi connectivity index (χ1n) is 12.8. The molecule has 202 valence electrons. The van der Waals surface area contributed by atoms with E-state index < -0.39 is 5.97 Å². The van der Waals surface area contributed by atoms with Gasteiger partial charge in [-0.05, 0) is 44.5 Å². The fourth-order valence-corrected chi connectivity index (χ4v) is 5.05. The lowest BCUT2D eigenvalue weighted by atomic mass is 10.1. The van der Waals surface area contributed by atoms with Crippen molar-refractivity contribution in [1.82, 2.24) is 24.1 Å². The van der Waals surface area contributed by atoms with E-state index in [1.165, 1.54) is 0 Å². The number of hydrogen-bond acceptors (Lipinski definition) is 7. The van der Waals surface area contributed by atoms with Crippen LogP contribution in [0.3, 0.4) is 0 Å². The average molecular weight is 530 g/mol. The number of para-hydroxylation sites is 1. The third kappa shape index (κ3) is 4.95. The maximum absolute atomic E-state index is 13.5. The van der Waals surface area contributed by atoms with Crippen molar-refractivity contribution >= 4 is 29.0 Å². The summed E-state index contributed by atoms with van der Waals surface area (Å²) in [5.41, 5.74) is 3.75. The van der Waals surface area contributed by atoms with E-state index >= 15 is 0 Å². The zero-order valence-corrected chi connectivity index (χ0v) is 22.4. The Labute approximate surface area is 225 Å². The van der Waals surface area contributed by atoms with Crippen LogP contribution in [0.5, 0.6) is 0 Å². The molecule has 4 aromatic rings. The van der Waals surface area contributed by atoms with Gasteiger partial charge in [0.05, 0.1) is 28.9 Å². The molecule has 0 bridgehead atoms. The van der Waals surface area contributed by atoms with Crippen molar-refractivity contribution in [2.75, 3.05) is 36.4 Å². The lowest BCUT2D eigenvalue weighted by Crippen LogP contribution is -2.49. The van der Waals surface area contributed by atoms with E-state index in [1.54, 1.807) is 70.8 Å². The van der Waals surface area contributed by atoms with E-state index in [0.29, 0.717) is 54.5 Å². The predicted molar refractivity (Wildman–Crippen MR) is 148 cm³/mol. The molecule has 11 heteroatoms. The molecule has 1 atom stereocenters. The Morgan fingerprint density at radius 3 is 2.46 bits per heavy atom. The molecule has 1 unspecified atom stereocenters. The number of amides is 1. The lowest BCUT2D eigenvalue weighted by molar-refractivity contribution is 0.0696. The number of rotatable bonds is 6. The number of pyridine rings is 1. The monoisotopic (exact) mass is 529 g/mol. The number of carbonyl (C=O) groups is 2. The van der Waals surface area contributed by atoms with Gasteiger partial charge in [-0.3, -0.25) is 18.7 Å². The minimum absolute atomic E-state index is 0.0645. The van der Waals surface area contributed by atoms with Crippen LogP contribution >= 0.6 is 0 Å². The van der Waals surface area contributed by atoms with E-state index in [1.807, 2.05) is 24.8 Å². The van der Waals surface area contributed by atoms with Crippen LogP contribution < -0.4 is 15.8 Å². The van der Waals surface area contributed by atoms with E-state index in [2.05, 4.69) is 10.4 Å². The van der Waals surface area contributed by atoms with Gasteiger partial charge >= 0.3 is 5.97 Å². The Kier molecular flexibility index (Phi) is 6.81. The highest BCUT2D eigenvalue weighted by atomic mass is 16.4. The predicted octanol–water partition coefficient (Wildman–Crippen LogP) is 2.88. The molecule has 0 saturated carbocycles. The Morgan fingerprint density at radius 2 is 1.79 bits per heavy atom. The number of aromatic nitrogens is 4. The molecule has 4 heterocycles. The third-order valence-corrected chi connectivity index (χ3v) is 7.10. The molecule has 1 aliphatic rings. The standard InChI is InChI=1S/C28H31N7O4/c1-17-13-22(19(3)30-23-8-6-5-7-21(23)28(38)39)25-31-24(18(2)26(36)35(25)15-17)33-9-11-34(12-10-33)27(37)20-14-29-32(4)16-20/h5-8,13-16,19,30H,9-12H2,1-4H3,(H,38,39). The van der Waals surface area contributed by atoms with Crippen molar-refractivity contribution in [3.8, 4) is 0 Å². The van der Waals surface area contributed by atoms with Crippen molar-refractivity contribution < 1.29 is 14.7 Å². The van der Waals surface area contributed by atoms with Crippen LogP contribution in [0.2, 0.25) is 0 Å². The smallest absolute Gasteiger partial charge is 0.337 e. The molecule has 2 N–H and O–H groups in total.